The largest absolute Gasteiger partial charge is 0.310 e. The van der Waals surface area contributed by atoms with Crippen molar-refractivity contribution in [3.8, 4) is 55.9 Å². The van der Waals surface area contributed by atoms with Crippen LogP contribution in [-0.4, -0.2) is 64.1 Å². The highest BCUT2D eigenvalue weighted by atomic mass is 15.0. The van der Waals surface area contributed by atoms with Crippen LogP contribution in [0.5, 0.6) is 0 Å². The Kier molecular flexibility index (Phi) is 9.35. The zero-order valence-electron chi connectivity index (χ0n) is 37.1. The van der Waals surface area contributed by atoms with Crippen LogP contribution >= 0.6 is 0 Å². The number of nitrogens with zero attached hydrogens (tertiary/aromatic N) is 2. The van der Waals surface area contributed by atoms with Gasteiger partial charge in [-0.15, -0.1) is 5.46 Å². The fourth-order valence-electron chi connectivity index (χ4n) is 10.5. The van der Waals surface area contributed by atoms with Crippen LogP contribution in [0.3, 0.4) is 0 Å². The van der Waals surface area contributed by atoms with E-state index in [9.17, 15) is 0 Å². The fourth-order valence-corrected chi connectivity index (χ4v) is 10.5. The van der Waals surface area contributed by atoms with E-state index in [0.29, 0.717) is 0 Å². The van der Waals surface area contributed by atoms with E-state index in [4.69, 9.17) is 0 Å². The SMILES string of the molecule is Bc1c(B)c(B)c2c(c1B)c1c(B)c(-c3ccc4c(c3)c3cc(-c5ccccc5)ccc3n4-c3ccc(-c4ccccc4)cc3)c(B)c(B)c1n2-c1ccc(-c2ccccc2)cc1. The van der Waals surface area contributed by atoms with Crippen LogP contribution in [0.1, 0.15) is 0 Å². The predicted molar refractivity (Wildman–Crippen MR) is 294 cm³/mol. The average Bonchev–Trinajstić information content (AvgIpc) is 3.87. The van der Waals surface area contributed by atoms with Crippen molar-refractivity contribution in [2.45, 2.75) is 0 Å². The lowest BCUT2D eigenvalue weighted by Crippen LogP contribution is -2.48. The number of aromatic nitrogens is 2. The maximum Gasteiger partial charge on any atom is 0.141 e. The van der Waals surface area contributed by atoms with E-state index >= 15 is 0 Å². The van der Waals surface area contributed by atoms with Gasteiger partial charge >= 0.3 is 0 Å². The van der Waals surface area contributed by atoms with E-state index in [2.05, 4.69) is 240 Å². The van der Waals surface area contributed by atoms with Crippen LogP contribution in [-0.2, 0) is 0 Å². The number of benzene rings is 9. The summed E-state index contributed by atoms with van der Waals surface area (Å²) in [5.74, 6) is 0. The van der Waals surface area contributed by atoms with Gasteiger partial charge in [0.05, 0.1) is 11.0 Å². The molecule has 0 saturated heterocycles. The van der Waals surface area contributed by atoms with E-state index in [1.165, 1.54) is 132 Å². The number of hydrogen-bond acceptors (Lipinski definition) is 0. The van der Waals surface area contributed by atoms with Crippen molar-refractivity contribution in [3.05, 3.63) is 176 Å². The molecule has 11 rings (SSSR count). The molecule has 0 aliphatic heterocycles. The molecule has 0 radical (unpaired) electrons. The van der Waals surface area contributed by atoms with Crippen LogP contribution < -0.4 is 38.2 Å². The second-order valence-electron chi connectivity index (χ2n) is 17.5. The molecule has 63 heavy (non-hydrogen) atoms. The first-order valence-electron chi connectivity index (χ1n) is 22.2. The second kappa shape index (κ2) is 15.1. The molecule has 0 bridgehead atoms. The zero-order chi connectivity index (χ0) is 43.1. The molecule has 0 fully saturated rings. The Morgan fingerprint density at radius 3 is 1.14 bits per heavy atom. The molecule has 9 aromatic carbocycles. The second-order valence-corrected chi connectivity index (χ2v) is 17.5. The standard InChI is InChI=1S/C54H43B7N2/c55-46-43(47(56)51(60)53-44(46)45-48(57)49(58)50(59)52(61)54(45)63(53)38-24-18-34(19-25-38)31-12-6-2-7-13-31)36-21-27-42-40(29-36)39-28-35(32-14-8-3-9-15-32)20-26-41(39)62(42)37-22-16-33(17-23-37)30-10-4-1-5-11-30/h1-29H,55-61H2. The molecule has 2 heterocycles. The van der Waals surface area contributed by atoms with Gasteiger partial charge in [-0.25, -0.2) is 0 Å². The summed E-state index contributed by atoms with van der Waals surface area (Å²) in [6.07, 6.45) is 0. The monoisotopic (exact) mass is 796 g/mol. The van der Waals surface area contributed by atoms with Crippen LogP contribution in [0.2, 0.25) is 0 Å². The van der Waals surface area contributed by atoms with Crippen molar-refractivity contribution in [1.29, 1.82) is 0 Å². The number of hydrogen-bond donors (Lipinski definition) is 0. The van der Waals surface area contributed by atoms with Crippen molar-refractivity contribution in [1.82, 2.24) is 9.13 Å². The minimum Gasteiger partial charge on any atom is -0.310 e. The molecule has 9 heteroatoms. The van der Waals surface area contributed by atoms with Crippen LogP contribution in [0.25, 0.3) is 99.5 Å². The maximum atomic E-state index is 2.57. The van der Waals surface area contributed by atoms with E-state index in [1.54, 1.807) is 0 Å². The minimum atomic E-state index is 1.15. The number of rotatable bonds is 6. The molecule has 2 nitrogen and oxygen atoms in total. The molecular formula is C54H43B7N2. The van der Waals surface area contributed by atoms with Crippen LogP contribution in [0.4, 0.5) is 0 Å². The molecule has 2 aromatic heterocycles. The van der Waals surface area contributed by atoms with Gasteiger partial charge in [0.15, 0.2) is 0 Å². The quantitative estimate of drug-likeness (QED) is 0.229. The molecule has 0 atom stereocenters. The van der Waals surface area contributed by atoms with E-state index in [0.717, 1.165) is 5.69 Å². The summed E-state index contributed by atoms with van der Waals surface area (Å²) >= 11 is 0. The molecule has 0 spiro atoms. The molecule has 0 amide bonds. The van der Waals surface area contributed by atoms with Crippen molar-refractivity contribution >= 4 is 137 Å². The molecular weight excluding hydrogens is 752 g/mol. The van der Waals surface area contributed by atoms with Crippen molar-refractivity contribution in [2.75, 3.05) is 0 Å². The molecule has 0 unspecified atom stereocenters. The minimum absolute atomic E-state index is 1.15. The lowest BCUT2D eigenvalue weighted by molar-refractivity contribution is 1.18. The third-order valence-electron chi connectivity index (χ3n) is 14.3. The molecule has 290 valence electrons. The zero-order valence-corrected chi connectivity index (χ0v) is 37.1. The Labute approximate surface area is 375 Å². The summed E-state index contributed by atoms with van der Waals surface area (Å²) in [6.45, 7) is 0. The third kappa shape index (κ3) is 6.12. The van der Waals surface area contributed by atoms with Crippen LogP contribution in [0, 0.1) is 0 Å². The highest BCUT2D eigenvalue weighted by molar-refractivity contribution is 6.69. The van der Waals surface area contributed by atoms with E-state index in [-0.39, 0.29) is 0 Å². The highest BCUT2D eigenvalue weighted by Crippen LogP contribution is 2.38. The van der Waals surface area contributed by atoms with Crippen LogP contribution in [0.15, 0.2) is 176 Å². The molecule has 11 aromatic rings. The Hall–Kier alpha value is -6.97. The molecule has 0 N–H and O–H groups in total. The van der Waals surface area contributed by atoms with Crippen molar-refractivity contribution in [3.63, 3.8) is 0 Å². The van der Waals surface area contributed by atoms with E-state index < -0.39 is 0 Å². The number of fused-ring (bicyclic) bond motifs is 6. The van der Waals surface area contributed by atoms with Gasteiger partial charge in [0.1, 0.15) is 54.9 Å². The van der Waals surface area contributed by atoms with Gasteiger partial charge in [-0.3, -0.25) is 0 Å². The van der Waals surface area contributed by atoms with Gasteiger partial charge in [0, 0.05) is 38.6 Å². The van der Waals surface area contributed by atoms with Crippen molar-refractivity contribution in [2.24, 2.45) is 0 Å². The summed E-state index contributed by atoms with van der Waals surface area (Å²) in [4.78, 5) is 0. The fraction of sp³-hybridized carbons (Fsp3) is 0. The first-order chi connectivity index (χ1) is 30.7. The normalized spacial score (nSPS) is 11.6. The van der Waals surface area contributed by atoms with Gasteiger partial charge in [-0.05, 0) is 98.4 Å². The lowest BCUT2D eigenvalue weighted by atomic mass is 9.64. The summed E-state index contributed by atoms with van der Waals surface area (Å²) in [5, 5.41) is 5.22. The smallest absolute Gasteiger partial charge is 0.141 e. The average molecular weight is 796 g/mol. The first kappa shape index (κ1) is 38.9. The van der Waals surface area contributed by atoms with Gasteiger partial charge < -0.3 is 9.13 Å². The molecule has 0 saturated carbocycles. The summed E-state index contributed by atoms with van der Waals surface area (Å²) in [6, 6.07) is 64.5. The first-order valence-corrected chi connectivity index (χ1v) is 22.2. The van der Waals surface area contributed by atoms with Gasteiger partial charge in [0.2, 0.25) is 0 Å². The molecule has 0 aliphatic carbocycles. The third-order valence-corrected chi connectivity index (χ3v) is 14.3. The Balaban J connectivity index is 1.16. The topological polar surface area (TPSA) is 9.86 Å². The van der Waals surface area contributed by atoms with Gasteiger partial charge in [-0.1, -0.05) is 160 Å². The predicted octanol–water partition coefficient (Wildman–Crippen LogP) is 2.36. The maximum absolute atomic E-state index is 2.57. The van der Waals surface area contributed by atoms with Gasteiger partial charge in [0.25, 0.3) is 0 Å². The van der Waals surface area contributed by atoms with Gasteiger partial charge in [-0.2, -0.15) is 0 Å². The molecule has 0 aliphatic rings. The van der Waals surface area contributed by atoms with E-state index in [1.807, 2.05) is 0 Å². The lowest BCUT2D eigenvalue weighted by Gasteiger charge is -2.19. The van der Waals surface area contributed by atoms with Crippen molar-refractivity contribution < 1.29 is 0 Å². The Bertz CT molecular complexity index is 3600. The Morgan fingerprint density at radius 1 is 0.270 bits per heavy atom. The summed E-state index contributed by atoms with van der Waals surface area (Å²) in [5.41, 5.74) is 26.7. The highest BCUT2D eigenvalue weighted by Gasteiger charge is 2.25. The summed E-state index contributed by atoms with van der Waals surface area (Å²) < 4.78 is 5.01. The summed E-state index contributed by atoms with van der Waals surface area (Å²) in [7, 11) is 16.3. The Morgan fingerprint density at radius 2 is 0.635 bits per heavy atom.